The van der Waals surface area contributed by atoms with Crippen molar-refractivity contribution in [1.29, 1.82) is 0 Å². The summed E-state index contributed by atoms with van der Waals surface area (Å²) in [4.78, 5) is 18.9. The summed E-state index contributed by atoms with van der Waals surface area (Å²) >= 11 is 0. The Kier molecular flexibility index (Phi) is 4.91. The predicted octanol–water partition coefficient (Wildman–Crippen LogP) is 3.72. The predicted molar refractivity (Wildman–Crippen MR) is 102 cm³/mol. The molecule has 0 bridgehead atoms. The molecule has 2 heterocycles. The first-order valence-corrected chi connectivity index (χ1v) is 9.22. The van der Waals surface area contributed by atoms with Crippen LogP contribution in [-0.2, 0) is 6.54 Å². The molecule has 2 aromatic carbocycles. The van der Waals surface area contributed by atoms with E-state index in [1.165, 1.54) is 0 Å². The zero-order valence-corrected chi connectivity index (χ0v) is 15.2. The Balaban J connectivity index is 1.43. The molecule has 0 unspecified atom stereocenters. The van der Waals surface area contributed by atoms with Gasteiger partial charge in [-0.05, 0) is 48.1 Å². The van der Waals surface area contributed by atoms with Crippen molar-refractivity contribution in [1.82, 2.24) is 9.88 Å². The average Bonchev–Trinajstić information content (AvgIpc) is 2.69. The van der Waals surface area contributed by atoms with E-state index in [1.54, 1.807) is 6.20 Å². The van der Waals surface area contributed by atoms with Crippen LogP contribution in [0.5, 0.6) is 0 Å². The Labute approximate surface area is 161 Å². The van der Waals surface area contributed by atoms with Crippen LogP contribution < -0.4 is 0 Å². The maximum absolute atomic E-state index is 13.9. The summed E-state index contributed by atoms with van der Waals surface area (Å²) in [6.07, 6.45) is 3.99. The number of rotatable bonds is 4. The van der Waals surface area contributed by atoms with Gasteiger partial charge in [0.15, 0.2) is 5.78 Å². The molecule has 1 aromatic heterocycles. The SMILES string of the molecule is O=C(c1ccc(F)cc1F)C1(O)CCN(Cc2ccc3cnccc3c2)CC1. The van der Waals surface area contributed by atoms with Gasteiger partial charge in [0.25, 0.3) is 0 Å². The smallest absolute Gasteiger partial charge is 0.197 e. The second-order valence-electron chi connectivity index (χ2n) is 7.32. The van der Waals surface area contributed by atoms with Gasteiger partial charge in [0, 0.05) is 43.5 Å². The Hall–Kier alpha value is -2.70. The number of aliphatic hydroxyl groups is 1. The average molecular weight is 382 g/mol. The third-order valence-electron chi connectivity index (χ3n) is 5.39. The molecule has 0 saturated carbocycles. The zero-order chi connectivity index (χ0) is 19.7. The van der Waals surface area contributed by atoms with Crippen LogP contribution in [-0.4, -0.2) is 39.5 Å². The van der Waals surface area contributed by atoms with Crippen LogP contribution in [0.2, 0.25) is 0 Å². The van der Waals surface area contributed by atoms with Crippen LogP contribution in [0.25, 0.3) is 10.8 Å². The number of halogens is 2. The fraction of sp³-hybridized carbons (Fsp3) is 0.273. The molecule has 0 amide bonds. The number of nitrogens with zero attached hydrogens (tertiary/aromatic N) is 2. The number of likely N-dealkylation sites (tertiary alicyclic amines) is 1. The number of benzene rings is 2. The third kappa shape index (κ3) is 3.66. The number of fused-ring (bicyclic) bond motifs is 1. The minimum atomic E-state index is -1.62. The lowest BCUT2D eigenvalue weighted by Crippen LogP contribution is -2.49. The fourth-order valence-electron chi connectivity index (χ4n) is 3.72. The van der Waals surface area contributed by atoms with E-state index in [2.05, 4.69) is 16.0 Å². The Bertz CT molecular complexity index is 1030. The van der Waals surface area contributed by atoms with E-state index < -0.39 is 23.0 Å². The summed E-state index contributed by atoms with van der Waals surface area (Å²) in [7, 11) is 0. The number of Topliss-reactive ketones (excluding diaryl/α,β-unsaturated/α-hetero) is 1. The summed E-state index contributed by atoms with van der Waals surface area (Å²) < 4.78 is 27.0. The third-order valence-corrected chi connectivity index (χ3v) is 5.39. The van der Waals surface area contributed by atoms with Gasteiger partial charge in [-0.15, -0.1) is 0 Å². The summed E-state index contributed by atoms with van der Waals surface area (Å²) in [5.74, 6) is -2.36. The molecule has 4 rings (SSSR count). The number of piperidine rings is 1. The van der Waals surface area contributed by atoms with Gasteiger partial charge >= 0.3 is 0 Å². The Morgan fingerprint density at radius 2 is 1.86 bits per heavy atom. The Morgan fingerprint density at radius 1 is 1.07 bits per heavy atom. The van der Waals surface area contributed by atoms with Crippen LogP contribution in [0.4, 0.5) is 8.78 Å². The van der Waals surface area contributed by atoms with Gasteiger partial charge in [-0.2, -0.15) is 0 Å². The van der Waals surface area contributed by atoms with Crippen molar-refractivity contribution in [3.05, 3.63) is 77.6 Å². The van der Waals surface area contributed by atoms with Crippen molar-refractivity contribution in [3.8, 4) is 0 Å². The summed E-state index contributed by atoms with van der Waals surface area (Å²) in [6, 6.07) is 10.9. The zero-order valence-electron chi connectivity index (χ0n) is 15.2. The first-order chi connectivity index (χ1) is 13.4. The monoisotopic (exact) mass is 382 g/mol. The molecule has 1 fully saturated rings. The lowest BCUT2D eigenvalue weighted by Gasteiger charge is -2.37. The lowest BCUT2D eigenvalue weighted by atomic mass is 9.84. The molecule has 0 aliphatic carbocycles. The van der Waals surface area contributed by atoms with Crippen molar-refractivity contribution in [2.24, 2.45) is 0 Å². The molecule has 0 atom stereocenters. The van der Waals surface area contributed by atoms with Gasteiger partial charge < -0.3 is 5.11 Å². The highest BCUT2D eigenvalue weighted by molar-refractivity contribution is 6.02. The van der Waals surface area contributed by atoms with Crippen LogP contribution >= 0.6 is 0 Å². The van der Waals surface area contributed by atoms with Crippen LogP contribution in [0.1, 0.15) is 28.8 Å². The number of pyridine rings is 1. The molecule has 1 aliphatic heterocycles. The highest BCUT2D eigenvalue weighted by Gasteiger charge is 2.40. The molecule has 144 valence electrons. The second-order valence-corrected chi connectivity index (χ2v) is 7.32. The van der Waals surface area contributed by atoms with Gasteiger partial charge in [0.1, 0.15) is 17.2 Å². The molecular weight excluding hydrogens is 362 g/mol. The van der Waals surface area contributed by atoms with E-state index in [0.29, 0.717) is 25.7 Å². The van der Waals surface area contributed by atoms with Crippen molar-refractivity contribution < 1.29 is 18.7 Å². The number of ketones is 1. The number of carbonyl (C=O) groups excluding carboxylic acids is 1. The standard InChI is InChI=1S/C22H20F2N2O2/c23-18-3-4-19(20(24)12-18)21(27)22(28)6-9-26(10-7-22)14-15-1-2-17-13-25-8-5-16(17)11-15/h1-5,8,11-13,28H,6-7,9-10,14H2. The van der Waals surface area contributed by atoms with Gasteiger partial charge in [0.05, 0.1) is 5.56 Å². The first-order valence-electron chi connectivity index (χ1n) is 9.22. The molecule has 0 spiro atoms. The van der Waals surface area contributed by atoms with E-state index in [-0.39, 0.29) is 18.4 Å². The quantitative estimate of drug-likeness (QED) is 0.699. The van der Waals surface area contributed by atoms with E-state index >= 15 is 0 Å². The van der Waals surface area contributed by atoms with Crippen molar-refractivity contribution >= 4 is 16.6 Å². The van der Waals surface area contributed by atoms with E-state index in [1.807, 2.05) is 24.4 Å². The van der Waals surface area contributed by atoms with Gasteiger partial charge in [-0.3, -0.25) is 14.7 Å². The lowest BCUT2D eigenvalue weighted by molar-refractivity contribution is -0.00809. The highest BCUT2D eigenvalue weighted by Crippen LogP contribution is 2.29. The molecule has 0 radical (unpaired) electrons. The molecule has 1 N–H and O–H groups in total. The van der Waals surface area contributed by atoms with Crippen molar-refractivity contribution in [2.75, 3.05) is 13.1 Å². The minimum Gasteiger partial charge on any atom is -0.382 e. The van der Waals surface area contributed by atoms with Gasteiger partial charge in [0.2, 0.25) is 0 Å². The normalized spacial score (nSPS) is 17.0. The molecule has 4 nitrogen and oxygen atoms in total. The van der Waals surface area contributed by atoms with Crippen LogP contribution in [0.3, 0.4) is 0 Å². The molecular formula is C22H20F2N2O2. The van der Waals surface area contributed by atoms with Gasteiger partial charge in [-0.25, -0.2) is 8.78 Å². The topological polar surface area (TPSA) is 53.4 Å². The van der Waals surface area contributed by atoms with E-state index in [9.17, 15) is 18.7 Å². The number of carbonyl (C=O) groups is 1. The summed E-state index contributed by atoms with van der Waals surface area (Å²) in [5, 5.41) is 13.0. The van der Waals surface area contributed by atoms with E-state index in [4.69, 9.17) is 0 Å². The maximum Gasteiger partial charge on any atom is 0.197 e. The number of hydrogen-bond acceptors (Lipinski definition) is 4. The molecule has 28 heavy (non-hydrogen) atoms. The highest BCUT2D eigenvalue weighted by atomic mass is 19.1. The largest absolute Gasteiger partial charge is 0.382 e. The maximum atomic E-state index is 13.9. The first kappa shape index (κ1) is 18.7. The van der Waals surface area contributed by atoms with E-state index in [0.717, 1.165) is 28.5 Å². The van der Waals surface area contributed by atoms with Crippen LogP contribution in [0, 0.1) is 11.6 Å². The second kappa shape index (κ2) is 7.37. The molecule has 6 heteroatoms. The van der Waals surface area contributed by atoms with Crippen molar-refractivity contribution in [2.45, 2.75) is 25.0 Å². The number of aromatic nitrogens is 1. The van der Waals surface area contributed by atoms with Crippen molar-refractivity contribution in [3.63, 3.8) is 0 Å². The summed E-state index contributed by atoms with van der Waals surface area (Å²) in [6.45, 7) is 1.73. The fourth-order valence-corrected chi connectivity index (χ4v) is 3.72. The number of hydrogen-bond donors (Lipinski definition) is 1. The van der Waals surface area contributed by atoms with Gasteiger partial charge in [-0.1, -0.05) is 12.1 Å². The van der Waals surface area contributed by atoms with Crippen LogP contribution in [0.15, 0.2) is 54.9 Å². The molecule has 1 saturated heterocycles. The Morgan fingerprint density at radius 3 is 2.61 bits per heavy atom. The summed E-state index contributed by atoms with van der Waals surface area (Å²) in [5.41, 5.74) is -0.745. The minimum absolute atomic E-state index is 0.208. The molecule has 3 aromatic rings. The molecule has 1 aliphatic rings.